The molecule has 0 aliphatic carbocycles. The number of aryl methyl sites for hydroxylation is 1. The first-order chi connectivity index (χ1) is 15.8. The van der Waals surface area contributed by atoms with Gasteiger partial charge in [-0.1, -0.05) is 30.3 Å². The average Bonchev–Trinajstić information content (AvgIpc) is 2.79. The van der Waals surface area contributed by atoms with Crippen LogP contribution >= 0.6 is 0 Å². The van der Waals surface area contributed by atoms with Gasteiger partial charge in [-0.15, -0.1) is 0 Å². The quantitative estimate of drug-likeness (QED) is 0.476. The molecule has 1 aromatic heterocycles. The number of pyridine rings is 1. The van der Waals surface area contributed by atoms with Gasteiger partial charge in [-0.2, -0.15) is 0 Å². The molecule has 0 bridgehead atoms. The van der Waals surface area contributed by atoms with Crippen LogP contribution in [0.15, 0.2) is 72.9 Å². The lowest BCUT2D eigenvalue weighted by Crippen LogP contribution is -2.47. The van der Waals surface area contributed by atoms with Crippen LogP contribution in [-0.2, 0) is 10.0 Å². The second kappa shape index (κ2) is 7.97. The van der Waals surface area contributed by atoms with E-state index in [1.807, 2.05) is 49.4 Å². The largest absolute Gasteiger partial charge is 0.322 e. The van der Waals surface area contributed by atoms with Crippen LogP contribution in [0.3, 0.4) is 0 Å². The number of carbonyl (C=O) groups excluding carboxylic acids is 1. The summed E-state index contributed by atoms with van der Waals surface area (Å²) in [5, 5.41) is 4.79. The van der Waals surface area contributed by atoms with Crippen LogP contribution in [0.4, 0.5) is 15.8 Å². The van der Waals surface area contributed by atoms with Crippen molar-refractivity contribution in [1.29, 1.82) is 0 Å². The van der Waals surface area contributed by atoms with E-state index in [4.69, 9.17) is 0 Å². The Hall–Kier alpha value is -3.78. The number of sulfonamides is 1. The van der Waals surface area contributed by atoms with Gasteiger partial charge in [-0.3, -0.25) is 14.1 Å². The third kappa shape index (κ3) is 3.82. The van der Waals surface area contributed by atoms with Crippen molar-refractivity contribution in [2.75, 3.05) is 21.9 Å². The van der Waals surface area contributed by atoms with Gasteiger partial charge in [0.15, 0.2) is 0 Å². The number of halogens is 1. The molecule has 2 heterocycles. The molecule has 8 heteroatoms. The minimum Gasteiger partial charge on any atom is -0.322 e. The van der Waals surface area contributed by atoms with Crippen LogP contribution in [-0.4, -0.2) is 31.6 Å². The zero-order valence-electron chi connectivity index (χ0n) is 17.7. The maximum Gasteiger partial charge on any atom is 0.258 e. The Bertz CT molecular complexity index is 1510. The van der Waals surface area contributed by atoms with Crippen LogP contribution in [0, 0.1) is 12.7 Å². The molecule has 6 nitrogen and oxygen atoms in total. The lowest BCUT2D eigenvalue weighted by molar-refractivity contribution is 0.102. The summed E-state index contributed by atoms with van der Waals surface area (Å²) < 4.78 is 39.3. The summed E-state index contributed by atoms with van der Waals surface area (Å²) in [5.41, 5.74) is 3.21. The van der Waals surface area contributed by atoms with Gasteiger partial charge in [0, 0.05) is 29.4 Å². The minimum atomic E-state index is -3.36. The van der Waals surface area contributed by atoms with E-state index in [0.29, 0.717) is 12.2 Å². The van der Waals surface area contributed by atoms with Gasteiger partial charge in [0.2, 0.25) is 10.0 Å². The number of nitrogens with one attached hydrogen (secondary N) is 1. The van der Waals surface area contributed by atoms with Gasteiger partial charge in [0.1, 0.15) is 5.82 Å². The number of aromatic nitrogens is 1. The monoisotopic (exact) mass is 461 g/mol. The lowest BCUT2D eigenvalue weighted by Gasteiger charge is -2.32. The highest BCUT2D eigenvalue weighted by Crippen LogP contribution is 2.31. The molecule has 4 aromatic rings. The molecule has 1 N–H and O–H groups in total. The second-order valence-electron chi connectivity index (χ2n) is 7.92. The lowest BCUT2D eigenvalue weighted by atomic mass is 9.99. The Labute approximate surface area is 190 Å². The van der Waals surface area contributed by atoms with Crippen molar-refractivity contribution in [3.05, 3.63) is 89.9 Å². The summed E-state index contributed by atoms with van der Waals surface area (Å²) in [6, 6.07) is 19.1. The van der Waals surface area contributed by atoms with Gasteiger partial charge in [0.05, 0.1) is 22.7 Å². The maximum atomic E-state index is 14.7. The number of benzene rings is 3. The van der Waals surface area contributed by atoms with Gasteiger partial charge < -0.3 is 5.32 Å². The van der Waals surface area contributed by atoms with E-state index in [-0.39, 0.29) is 17.0 Å². The van der Waals surface area contributed by atoms with Crippen molar-refractivity contribution in [2.24, 2.45) is 0 Å². The Morgan fingerprint density at radius 2 is 1.88 bits per heavy atom. The van der Waals surface area contributed by atoms with Gasteiger partial charge in [-0.25, -0.2) is 12.8 Å². The first-order valence-corrected chi connectivity index (χ1v) is 12.0. The van der Waals surface area contributed by atoms with E-state index in [9.17, 15) is 17.6 Å². The Balaban J connectivity index is 1.44. The summed E-state index contributed by atoms with van der Waals surface area (Å²) in [7, 11) is -3.36. The molecule has 166 valence electrons. The van der Waals surface area contributed by atoms with Crippen LogP contribution < -0.4 is 9.62 Å². The normalized spacial score (nSPS) is 14.7. The van der Waals surface area contributed by atoms with Gasteiger partial charge in [-0.05, 0) is 54.3 Å². The molecule has 1 amide bonds. The van der Waals surface area contributed by atoms with E-state index >= 15 is 0 Å². The summed E-state index contributed by atoms with van der Waals surface area (Å²) in [4.78, 5) is 17.3. The third-order valence-corrected chi connectivity index (χ3v) is 7.56. The van der Waals surface area contributed by atoms with Crippen LogP contribution in [0.2, 0.25) is 0 Å². The van der Waals surface area contributed by atoms with E-state index in [0.717, 1.165) is 38.0 Å². The highest BCUT2D eigenvalue weighted by molar-refractivity contribution is 7.94. The molecule has 0 saturated carbocycles. The molecule has 1 saturated heterocycles. The number of carbonyl (C=O) groups is 1. The number of anilines is 2. The summed E-state index contributed by atoms with van der Waals surface area (Å²) in [6.07, 6.45) is 1.75. The molecule has 5 rings (SSSR count). The van der Waals surface area contributed by atoms with Crippen molar-refractivity contribution in [1.82, 2.24) is 4.98 Å². The topological polar surface area (TPSA) is 79.4 Å². The molecule has 0 atom stereocenters. The van der Waals surface area contributed by atoms with Crippen molar-refractivity contribution >= 4 is 38.1 Å². The van der Waals surface area contributed by atoms with E-state index in [1.54, 1.807) is 12.3 Å². The molecule has 0 radical (unpaired) electrons. The zero-order valence-corrected chi connectivity index (χ0v) is 18.6. The van der Waals surface area contributed by atoms with Crippen molar-refractivity contribution < 1.29 is 17.6 Å². The standard InChI is InChI=1S/C25H20FN3O3S/c1-16-6-7-18(14-22(16)24-20-5-3-2-4-17(20)10-11-27-24)28-25(30)21-9-8-19(15-23(21)26)29-12-13-33(29,31)32/h2-11,14-15H,12-13H2,1H3,(H,28,30). The number of amides is 1. The molecule has 1 aliphatic heterocycles. The van der Waals surface area contributed by atoms with E-state index < -0.39 is 21.7 Å². The predicted molar refractivity (Wildman–Crippen MR) is 127 cm³/mol. The third-order valence-electron chi connectivity index (χ3n) is 5.80. The van der Waals surface area contributed by atoms with Crippen LogP contribution in [0.1, 0.15) is 15.9 Å². The molecule has 1 aliphatic rings. The average molecular weight is 462 g/mol. The van der Waals surface area contributed by atoms with Crippen molar-refractivity contribution in [2.45, 2.75) is 6.92 Å². The van der Waals surface area contributed by atoms with Crippen molar-refractivity contribution in [3.63, 3.8) is 0 Å². The molecule has 0 spiro atoms. The summed E-state index contributed by atoms with van der Waals surface area (Å²) in [5.74, 6) is -1.36. The van der Waals surface area contributed by atoms with E-state index in [2.05, 4.69) is 10.3 Å². The number of nitrogens with zero attached hydrogens (tertiary/aromatic N) is 2. The SMILES string of the molecule is Cc1ccc(NC(=O)c2ccc(N3CCS3(=O)=O)cc2F)cc1-c1nccc2ccccc12. The number of hydrogen-bond donors (Lipinski definition) is 1. The first-order valence-electron chi connectivity index (χ1n) is 10.4. The fourth-order valence-electron chi connectivity index (χ4n) is 3.95. The first kappa shape index (κ1) is 21.1. The summed E-state index contributed by atoms with van der Waals surface area (Å²) in [6.45, 7) is 2.27. The Morgan fingerprint density at radius 3 is 2.61 bits per heavy atom. The molecular weight excluding hydrogens is 441 g/mol. The number of rotatable bonds is 4. The van der Waals surface area contributed by atoms with Gasteiger partial charge in [0.25, 0.3) is 5.91 Å². The van der Waals surface area contributed by atoms with Crippen molar-refractivity contribution in [3.8, 4) is 11.3 Å². The molecule has 3 aromatic carbocycles. The van der Waals surface area contributed by atoms with E-state index in [1.165, 1.54) is 12.1 Å². The molecule has 1 fully saturated rings. The van der Waals surface area contributed by atoms with Crippen LogP contribution in [0.5, 0.6) is 0 Å². The fraction of sp³-hybridized carbons (Fsp3) is 0.120. The summed E-state index contributed by atoms with van der Waals surface area (Å²) >= 11 is 0. The smallest absolute Gasteiger partial charge is 0.258 e. The van der Waals surface area contributed by atoms with Gasteiger partial charge >= 0.3 is 0 Å². The highest BCUT2D eigenvalue weighted by atomic mass is 32.2. The fourth-order valence-corrected chi connectivity index (χ4v) is 5.05. The highest BCUT2D eigenvalue weighted by Gasteiger charge is 2.33. The number of fused-ring (bicyclic) bond motifs is 1. The minimum absolute atomic E-state index is 0.0399. The molecule has 0 unspecified atom stereocenters. The maximum absolute atomic E-state index is 14.7. The Morgan fingerprint density at radius 1 is 1.06 bits per heavy atom. The second-order valence-corrected chi connectivity index (χ2v) is 9.93. The molecule has 33 heavy (non-hydrogen) atoms. The van der Waals surface area contributed by atoms with Crippen LogP contribution in [0.25, 0.3) is 22.0 Å². The predicted octanol–water partition coefficient (Wildman–Crippen LogP) is 4.75. The number of hydrogen-bond acceptors (Lipinski definition) is 4. The zero-order chi connectivity index (χ0) is 23.2. The Kier molecular flexibility index (Phi) is 5.09. The molecular formula is C25H20FN3O3S.